The minimum Gasteiger partial charge on any atom is -0.512 e. The molecule has 1 heterocycles. The number of aromatic nitrogens is 1. The molecule has 0 spiro atoms. The topological polar surface area (TPSA) is 50.2 Å². The number of hydrogen-bond donors (Lipinski definition) is 1. The number of fused-ring (bicyclic) bond motifs is 2. The molecule has 0 amide bonds. The van der Waals surface area contributed by atoms with E-state index in [9.17, 15) is 4.79 Å². The normalized spacial score (nSPS) is 18.5. The number of nitrogens with zero attached hydrogens (tertiary/aromatic N) is 1. The number of rotatable bonds is 7. The molecule has 1 fully saturated rings. The summed E-state index contributed by atoms with van der Waals surface area (Å²) in [4.78, 5) is 15.4. The average molecular weight is 825 g/mol. The van der Waals surface area contributed by atoms with E-state index in [2.05, 4.69) is 117 Å². The van der Waals surface area contributed by atoms with E-state index >= 15 is 0 Å². The molecule has 1 saturated carbocycles. The maximum absolute atomic E-state index is 10.0. The second-order valence-electron chi connectivity index (χ2n) is 16.2. The van der Waals surface area contributed by atoms with Crippen LogP contribution in [-0.4, -0.2) is 15.9 Å². The number of hydrogen-bond acceptors (Lipinski definition) is 3. The third kappa shape index (κ3) is 10.1. The summed E-state index contributed by atoms with van der Waals surface area (Å²) in [6.45, 7) is 23.9. The molecule has 48 heavy (non-hydrogen) atoms. The monoisotopic (exact) mass is 825 g/mol. The third-order valence-corrected chi connectivity index (χ3v) is 9.68. The van der Waals surface area contributed by atoms with Crippen molar-refractivity contribution >= 4 is 27.5 Å². The molecule has 0 aliphatic heterocycles. The summed E-state index contributed by atoms with van der Waals surface area (Å²) in [7, 11) is 0. The van der Waals surface area contributed by atoms with Gasteiger partial charge in [-0.3, -0.25) is 9.78 Å². The minimum absolute atomic E-state index is 0. The first-order valence-electron chi connectivity index (χ1n) is 17.8. The Morgan fingerprint density at radius 3 is 2.19 bits per heavy atom. The number of aryl methyl sites for hydroxylation is 2. The maximum atomic E-state index is 10.0. The molecule has 0 saturated heterocycles. The summed E-state index contributed by atoms with van der Waals surface area (Å²) in [5, 5.41) is 12.2. The zero-order valence-corrected chi connectivity index (χ0v) is 33.6. The summed E-state index contributed by atoms with van der Waals surface area (Å²) in [6.07, 6.45) is 7.81. The van der Waals surface area contributed by atoms with E-state index in [1.807, 2.05) is 0 Å². The van der Waals surface area contributed by atoms with Gasteiger partial charge in [-0.25, -0.2) is 0 Å². The largest absolute Gasteiger partial charge is 0.512 e. The van der Waals surface area contributed by atoms with Crippen molar-refractivity contribution in [2.75, 3.05) is 0 Å². The Balaban J connectivity index is 0.000000706. The van der Waals surface area contributed by atoms with Crippen LogP contribution in [0.1, 0.15) is 123 Å². The molecule has 3 atom stereocenters. The fourth-order valence-electron chi connectivity index (χ4n) is 7.95. The van der Waals surface area contributed by atoms with Crippen LogP contribution in [0.4, 0.5) is 0 Å². The van der Waals surface area contributed by atoms with Crippen LogP contribution in [0.5, 0.6) is 0 Å². The molecule has 1 aliphatic rings. The Morgan fingerprint density at radius 1 is 0.958 bits per heavy atom. The van der Waals surface area contributed by atoms with Crippen LogP contribution < -0.4 is 0 Å². The fraction of sp³-hybridized carbons (Fsp3) is 0.500. The van der Waals surface area contributed by atoms with Crippen LogP contribution in [0.2, 0.25) is 0 Å². The van der Waals surface area contributed by atoms with Gasteiger partial charge in [-0.05, 0) is 118 Å². The van der Waals surface area contributed by atoms with Crippen molar-refractivity contribution in [1.29, 1.82) is 0 Å². The standard InChI is InChI=1S/C39H50N.C5H8O2.Ir/c1-24(2)16-28-14-15-30(20-31(28)17-25(3)4)34-23-36(40-37-19-26(5)18-27(6)38(34)37)32-21-29-12-10-11-13-33(29)35(22-32)39(7,8)9;1-4(6)3-5(2)7;/h10-13,18-19,22-25,28,30-31H,14-17,20H2,1-9H3;3,6H,1-2H3;/q-1;;/b;4-3-;. The van der Waals surface area contributed by atoms with Crippen molar-refractivity contribution in [2.45, 2.75) is 120 Å². The van der Waals surface area contributed by atoms with Gasteiger partial charge in [-0.1, -0.05) is 89.7 Å². The number of benzene rings is 3. The van der Waals surface area contributed by atoms with E-state index in [1.165, 1.54) is 90.4 Å². The third-order valence-electron chi connectivity index (χ3n) is 9.68. The smallest absolute Gasteiger partial charge is 0.155 e. The molecule has 3 aromatic carbocycles. The molecule has 1 N–H and O–H groups in total. The quantitative estimate of drug-likeness (QED) is 0.115. The number of aliphatic hydroxyl groups is 1. The van der Waals surface area contributed by atoms with E-state index in [-0.39, 0.29) is 37.1 Å². The molecule has 5 rings (SSSR count). The SMILES string of the molecule is CC(=O)/C=C(/C)O.Cc1cc(C)c2c(C3CCC(CC(C)C)C(CC(C)C)C3)cc(-c3[c-]c4ccccc4c(C(C)(C)C)c3)nc2c1.[Ir]. The summed E-state index contributed by atoms with van der Waals surface area (Å²) in [5.41, 5.74) is 8.93. The zero-order valence-electron chi connectivity index (χ0n) is 31.3. The predicted molar refractivity (Wildman–Crippen MR) is 201 cm³/mol. The van der Waals surface area contributed by atoms with Gasteiger partial charge in [0.1, 0.15) is 0 Å². The first kappa shape index (κ1) is 39.6. The van der Waals surface area contributed by atoms with Crippen molar-refractivity contribution in [3.63, 3.8) is 0 Å². The Bertz CT molecular complexity index is 1740. The van der Waals surface area contributed by atoms with Crippen molar-refractivity contribution in [3.05, 3.63) is 88.7 Å². The molecule has 4 aromatic rings. The van der Waals surface area contributed by atoms with Gasteiger partial charge < -0.3 is 5.11 Å². The molecular weight excluding hydrogens is 767 g/mol. The number of carbonyl (C=O) groups is 1. The van der Waals surface area contributed by atoms with Crippen LogP contribution in [0, 0.1) is 43.6 Å². The number of allylic oxidation sites excluding steroid dienone is 2. The van der Waals surface area contributed by atoms with Gasteiger partial charge in [0.15, 0.2) is 5.78 Å². The molecular formula is C44H58IrNO2-. The maximum Gasteiger partial charge on any atom is 0.155 e. The van der Waals surface area contributed by atoms with Crippen molar-refractivity contribution in [2.24, 2.45) is 23.7 Å². The molecule has 261 valence electrons. The zero-order chi connectivity index (χ0) is 34.6. The number of ketones is 1. The van der Waals surface area contributed by atoms with Gasteiger partial charge in [0.2, 0.25) is 0 Å². The summed E-state index contributed by atoms with van der Waals surface area (Å²) >= 11 is 0. The van der Waals surface area contributed by atoms with Crippen LogP contribution in [-0.2, 0) is 30.3 Å². The Hall–Kier alpha value is -2.81. The number of aliphatic hydroxyl groups excluding tert-OH is 1. The van der Waals surface area contributed by atoms with Gasteiger partial charge in [0.25, 0.3) is 0 Å². The summed E-state index contributed by atoms with van der Waals surface area (Å²) in [5.74, 6) is 3.70. The van der Waals surface area contributed by atoms with Gasteiger partial charge in [0.05, 0.1) is 11.3 Å². The van der Waals surface area contributed by atoms with Gasteiger partial charge in [-0.15, -0.1) is 29.1 Å². The van der Waals surface area contributed by atoms with E-state index in [0.29, 0.717) is 5.92 Å². The minimum atomic E-state index is -0.125. The van der Waals surface area contributed by atoms with Crippen LogP contribution >= 0.6 is 0 Å². The second kappa shape index (κ2) is 16.7. The predicted octanol–water partition coefficient (Wildman–Crippen LogP) is 12.4. The van der Waals surface area contributed by atoms with Crippen molar-refractivity contribution in [3.8, 4) is 11.3 Å². The van der Waals surface area contributed by atoms with E-state index < -0.39 is 0 Å². The van der Waals surface area contributed by atoms with Gasteiger partial charge >= 0.3 is 0 Å². The number of carbonyl (C=O) groups excluding carboxylic acids is 1. The van der Waals surface area contributed by atoms with E-state index in [0.717, 1.165) is 40.4 Å². The van der Waals surface area contributed by atoms with Crippen LogP contribution in [0.25, 0.3) is 32.9 Å². The molecule has 1 radical (unpaired) electrons. The Kier molecular flexibility index (Phi) is 13.8. The molecule has 1 aliphatic carbocycles. The first-order chi connectivity index (χ1) is 22.0. The summed E-state index contributed by atoms with van der Waals surface area (Å²) < 4.78 is 0. The average Bonchev–Trinajstić information content (AvgIpc) is 2.95. The summed E-state index contributed by atoms with van der Waals surface area (Å²) in [6, 6.07) is 22.0. The van der Waals surface area contributed by atoms with Crippen molar-refractivity contribution < 1.29 is 30.0 Å². The molecule has 0 bridgehead atoms. The molecule has 4 heteroatoms. The fourth-order valence-corrected chi connectivity index (χ4v) is 7.95. The number of pyridine rings is 1. The van der Waals surface area contributed by atoms with Crippen molar-refractivity contribution in [1.82, 2.24) is 4.98 Å². The molecule has 3 unspecified atom stereocenters. The first-order valence-corrected chi connectivity index (χ1v) is 17.8. The van der Waals surface area contributed by atoms with Crippen LogP contribution in [0.3, 0.4) is 0 Å². The molecule has 3 nitrogen and oxygen atoms in total. The second-order valence-corrected chi connectivity index (χ2v) is 16.2. The van der Waals surface area contributed by atoms with Gasteiger partial charge in [-0.2, -0.15) is 0 Å². The molecule has 1 aromatic heterocycles. The van der Waals surface area contributed by atoms with Gasteiger partial charge in [0, 0.05) is 37.3 Å². The van der Waals surface area contributed by atoms with E-state index in [1.54, 1.807) is 0 Å². The van der Waals surface area contributed by atoms with Crippen LogP contribution in [0.15, 0.2) is 60.4 Å². The Labute approximate surface area is 304 Å². The van der Waals surface area contributed by atoms with E-state index in [4.69, 9.17) is 10.1 Å². The Morgan fingerprint density at radius 2 is 1.60 bits per heavy atom.